The molecule has 0 aliphatic rings. The third-order valence-corrected chi connectivity index (χ3v) is 3.10. The minimum atomic E-state index is -1.06. The molecule has 0 radical (unpaired) electrons. The number of hydrogen-bond donors (Lipinski definition) is 0. The van der Waals surface area contributed by atoms with Crippen LogP contribution in [-0.2, 0) is 0 Å². The van der Waals surface area contributed by atoms with Gasteiger partial charge in [-0.15, -0.1) is 0 Å². The summed E-state index contributed by atoms with van der Waals surface area (Å²) in [6.07, 6.45) is 3.12. The zero-order valence-electron chi connectivity index (χ0n) is 10.3. The van der Waals surface area contributed by atoms with Crippen molar-refractivity contribution >= 4 is 21.4 Å². The SMILES string of the molecule is Cc1cc2c(Oc3cc(Br)cc(F)c3F)nccn2n1. The molecule has 102 valence electrons. The van der Waals surface area contributed by atoms with E-state index in [9.17, 15) is 8.78 Å². The minimum absolute atomic E-state index is 0.157. The van der Waals surface area contributed by atoms with Crippen LogP contribution in [0, 0.1) is 18.6 Å². The molecule has 1 aromatic carbocycles. The van der Waals surface area contributed by atoms with Gasteiger partial charge in [0.15, 0.2) is 11.6 Å². The van der Waals surface area contributed by atoms with E-state index in [1.165, 1.54) is 12.3 Å². The van der Waals surface area contributed by atoms with Crippen LogP contribution >= 0.6 is 15.9 Å². The maximum absolute atomic E-state index is 13.7. The van der Waals surface area contributed by atoms with Gasteiger partial charge in [-0.2, -0.15) is 9.49 Å². The molecule has 4 nitrogen and oxygen atoms in total. The number of benzene rings is 1. The summed E-state index contributed by atoms with van der Waals surface area (Å²) in [6.45, 7) is 1.82. The average molecular weight is 340 g/mol. The summed E-state index contributed by atoms with van der Waals surface area (Å²) in [5.41, 5.74) is 1.34. The lowest BCUT2D eigenvalue weighted by Crippen LogP contribution is -1.97. The molecule has 0 bridgehead atoms. The molecule has 0 aliphatic heterocycles. The molecule has 2 aromatic heterocycles. The van der Waals surface area contributed by atoms with Crippen LogP contribution in [0.2, 0.25) is 0 Å². The van der Waals surface area contributed by atoms with Crippen molar-refractivity contribution in [1.82, 2.24) is 14.6 Å². The number of aryl methyl sites for hydroxylation is 1. The molecular weight excluding hydrogens is 332 g/mol. The number of fused-ring (bicyclic) bond motifs is 1. The van der Waals surface area contributed by atoms with E-state index in [1.54, 1.807) is 16.8 Å². The number of hydrogen-bond acceptors (Lipinski definition) is 3. The van der Waals surface area contributed by atoms with Crippen LogP contribution in [0.4, 0.5) is 8.78 Å². The normalized spacial score (nSPS) is 11.0. The van der Waals surface area contributed by atoms with Gasteiger partial charge in [0.05, 0.1) is 5.69 Å². The van der Waals surface area contributed by atoms with E-state index in [2.05, 4.69) is 26.0 Å². The first-order chi connectivity index (χ1) is 9.54. The number of ether oxygens (including phenoxy) is 1. The fourth-order valence-corrected chi connectivity index (χ4v) is 2.22. The van der Waals surface area contributed by atoms with Gasteiger partial charge in [0, 0.05) is 16.9 Å². The molecule has 0 spiro atoms. The first-order valence-electron chi connectivity index (χ1n) is 5.68. The predicted octanol–water partition coefficient (Wildman–Crippen LogP) is 3.87. The van der Waals surface area contributed by atoms with Crippen LogP contribution in [0.15, 0.2) is 35.1 Å². The Hall–Kier alpha value is -2.02. The van der Waals surface area contributed by atoms with Crippen molar-refractivity contribution in [1.29, 1.82) is 0 Å². The fraction of sp³-hybridized carbons (Fsp3) is 0.0769. The van der Waals surface area contributed by atoms with E-state index in [4.69, 9.17) is 4.74 Å². The molecule has 3 rings (SSSR count). The number of aromatic nitrogens is 3. The molecule has 20 heavy (non-hydrogen) atoms. The van der Waals surface area contributed by atoms with Gasteiger partial charge in [-0.05, 0) is 25.1 Å². The summed E-state index contributed by atoms with van der Waals surface area (Å²) >= 11 is 3.09. The van der Waals surface area contributed by atoms with Crippen molar-refractivity contribution < 1.29 is 13.5 Å². The second kappa shape index (κ2) is 4.82. The molecule has 0 saturated carbocycles. The maximum atomic E-state index is 13.7. The molecule has 3 aromatic rings. The van der Waals surface area contributed by atoms with Crippen LogP contribution in [0.3, 0.4) is 0 Å². The van der Waals surface area contributed by atoms with Gasteiger partial charge in [-0.3, -0.25) is 0 Å². The lowest BCUT2D eigenvalue weighted by atomic mass is 10.3. The predicted molar refractivity (Wildman–Crippen MR) is 71.9 cm³/mol. The smallest absolute Gasteiger partial charge is 0.245 e. The molecule has 0 N–H and O–H groups in total. The van der Waals surface area contributed by atoms with E-state index in [0.717, 1.165) is 11.8 Å². The lowest BCUT2D eigenvalue weighted by Gasteiger charge is -2.07. The van der Waals surface area contributed by atoms with E-state index >= 15 is 0 Å². The monoisotopic (exact) mass is 339 g/mol. The Morgan fingerprint density at radius 2 is 2.05 bits per heavy atom. The Kier molecular flexibility index (Phi) is 3.13. The number of nitrogens with zero attached hydrogens (tertiary/aromatic N) is 3. The number of halogens is 3. The summed E-state index contributed by atoms with van der Waals surface area (Å²) in [7, 11) is 0. The Morgan fingerprint density at radius 1 is 1.25 bits per heavy atom. The van der Waals surface area contributed by atoms with E-state index < -0.39 is 11.6 Å². The fourth-order valence-electron chi connectivity index (χ4n) is 1.81. The van der Waals surface area contributed by atoms with Gasteiger partial charge >= 0.3 is 0 Å². The molecular formula is C13H8BrF2N3O. The van der Waals surface area contributed by atoms with E-state index in [-0.39, 0.29) is 11.6 Å². The van der Waals surface area contributed by atoms with Crippen LogP contribution in [0.25, 0.3) is 5.52 Å². The molecule has 0 aliphatic carbocycles. The Labute approximate surface area is 121 Å². The largest absolute Gasteiger partial charge is 0.434 e. The minimum Gasteiger partial charge on any atom is -0.434 e. The highest BCUT2D eigenvalue weighted by atomic mass is 79.9. The van der Waals surface area contributed by atoms with Crippen molar-refractivity contribution in [3.8, 4) is 11.6 Å². The van der Waals surface area contributed by atoms with Crippen LogP contribution < -0.4 is 4.74 Å². The van der Waals surface area contributed by atoms with Crippen molar-refractivity contribution in [2.75, 3.05) is 0 Å². The zero-order valence-corrected chi connectivity index (χ0v) is 11.9. The highest BCUT2D eigenvalue weighted by Gasteiger charge is 2.15. The molecule has 0 amide bonds. The molecule has 0 saturated heterocycles. The van der Waals surface area contributed by atoms with Gasteiger partial charge in [0.1, 0.15) is 5.52 Å². The third kappa shape index (κ3) is 2.24. The third-order valence-electron chi connectivity index (χ3n) is 2.64. The standard InChI is InChI=1S/C13H8BrF2N3O/c1-7-4-10-13(17-2-3-19(10)18-7)20-11-6-8(14)5-9(15)12(11)16/h2-6H,1H3. The summed E-state index contributed by atoms with van der Waals surface area (Å²) in [5, 5.41) is 4.19. The summed E-state index contributed by atoms with van der Waals surface area (Å²) in [5.74, 6) is -2.14. The van der Waals surface area contributed by atoms with Crippen molar-refractivity contribution in [2.24, 2.45) is 0 Å². The van der Waals surface area contributed by atoms with Crippen LogP contribution in [0.5, 0.6) is 11.6 Å². The quantitative estimate of drug-likeness (QED) is 0.665. The highest BCUT2D eigenvalue weighted by molar-refractivity contribution is 9.10. The lowest BCUT2D eigenvalue weighted by molar-refractivity contribution is 0.406. The first kappa shape index (κ1) is 13.0. The van der Waals surface area contributed by atoms with Gasteiger partial charge < -0.3 is 4.74 Å². The molecule has 2 heterocycles. The first-order valence-corrected chi connectivity index (χ1v) is 6.47. The topological polar surface area (TPSA) is 39.4 Å². The van der Waals surface area contributed by atoms with E-state index in [1.807, 2.05) is 6.92 Å². The second-order valence-corrected chi connectivity index (χ2v) is 5.07. The number of rotatable bonds is 2. The average Bonchev–Trinajstić information content (AvgIpc) is 2.76. The summed E-state index contributed by atoms with van der Waals surface area (Å²) in [6, 6.07) is 4.11. The van der Waals surface area contributed by atoms with Gasteiger partial charge in [-0.1, -0.05) is 15.9 Å². The van der Waals surface area contributed by atoms with Gasteiger partial charge in [0.25, 0.3) is 0 Å². The molecule has 0 atom stereocenters. The Morgan fingerprint density at radius 3 is 2.85 bits per heavy atom. The second-order valence-electron chi connectivity index (χ2n) is 4.15. The summed E-state index contributed by atoms with van der Waals surface area (Å²) in [4.78, 5) is 4.03. The zero-order chi connectivity index (χ0) is 14.3. The van der Waals surface area contributed by atoms with Crippen molar-refractivity contribution in [3.63, 3.8) is 0 Å². The van der Waals surface area contributed by atoms with Gasteiger partial charge in [-0.25, -0.2) is 13.9 Å². The molecule has 0 fully saturated rings. The van der Waals surface area contributed by atoms with E-state index in [0.29, 0.717) is 9.99 Å². The molecule has 7 heteroatoms. The maximum Gasteiger partial charge on any atom is 0.245 e. The Balaban J connectivity index is 2.10. The summed E-state index contributed by atoms with van der Waals surface area (Å²) < 4.78 is 34.4. The Bertz CT molecular complexity index is 804. The van der Waals surface area contributed by atoms with Crippen LogP contribution in [-0.4, -0.2) is 14.6 Å². The van der Waals surface area contributed by atoms with Crippen molar-refractivity contribution in [2.45, 2.75) is 6.92 Å². The van der Waals surface area contributed by atoms with Crippen LogP contribution in [0.1, 0.15) is 5.69 Å². The molecule has 0 unspecified atom stereocenters. The van der Waals surface area contributed by atoms with Crippen molar-refractivity contribution in [3.05, 3.63) is 52.4 Å². The van der Waals surface area contributed by atoms with Gasteiger partial charge in [0.2, 0.25) is 11.7 Å². The highest BCUT2D eigenvalue weighted by Crippen LogP contribution is 2.30.